The molecule has 1 saturated heterocycles. The lowest BCUT2D eigenvalue weighted by molar-refractivity contribution is 0.409. The van der Waals surface area contributed by atoms with Crippen LogP contribution >= 0.6 is 0 Å². The molecule has 1 heterocycles. The minimum Gasteiger partial charge on any atom is -0.326 e. The van der Waals surface area contributed by atoms with Crippen LogP contribution in [0.4, 0.5) is 4.39 Å². The number of nitrogens with two attached hydrogens (primary N) is 1. The molecular weight excluding hydrogens is 143 g/mol. The van der Waals surface area contributed by atoms with Crippen LogP contribution in [-0.4, -0.2) is 25.8 Å². The Morgan fingerprint density at radius 3 is 2.73 bits per heavy atom. The molecule has 3 N–H and O–H groups in total. The molecule has 3 heteroatoms. The zero-order valence-corrected chi connectivity index (χ0v) is 6.85. The summed E-state index contributed by atoms with van der Waals surface area (Å²) in [6.45, 7) is 1.77. The predicted octanol–water partition coefficient (Wildman–Crippen LogP) is 0.673. The third-order valence-corrected chi connectivity index (χ3v) is 2.35. The Balaban J connectivity index is 2.05. The molecule has 0 saturated carbocycles. The maximum absolute atomic E-state index is 11.7. The summed E-state index contributed by atoms with van der Waals surface area (Å²) in [5.41, 5.74) is 5.80. The largest absolute Gasteiger partial charge is 0.326 e. The minimum absolute atomic E-state index is 0.185. The highest BCUT2D eigenvalue weighted by Gasteiger charge is 2.22. The summed E-state index contributed by atoms with van der Waals surface area (Å²) < 4.78 is 11.7. The van der Waals surface area contributed by atoms with Gasteiger partial charge in [0.15, 0.2) is 0 Å². The molecule has 0 aromatic rings. The summed E-state index contributed by atoms with van der Waals surface area (Å²) in [6.07, 6.45) is 2.76. The molecule has 0 aliphatic carbocycles. The molecule has 1 fully saturated rings. The van der Waals surface area contributed by atoms with Crippen LogP contribution in [0, 0.1) is 5.92 Å². The molecule has 11 heavy (non-hydrogen) atoms. The van der Waals surface area contributed by atoms with Gasteiger partial charge in [0.2, 0.25) is 0 Å². The summed E-state index contributed by atoms with van der Waals surface area (Å²) in [6, 6.07) is 0.301. The van der Waals surface area contributed by atoms with E-state index >= 15 is 0 Å². The lowest BCUT2D eigenvalue weighted by atomic mass is 9.98. The van der Waals surface area contributed by atoms with E-state index in [1.54, 1.807) is 0 Å². The van der Waals surface area contributed by atoms with Crippen LogP contribution in [0.2, 0.25) is 0 Å². The van der Waals surface area contributed by atoms with E-state index < -0.39 is 0 Å². The zero-order chi connectivity index (χ0) is 8.10. The first-order valence-electron chi connectivity index (χ1n) is 4.37. The molecule has 1 aliphatic heterocycles. The van der Waals surface area contributed by atoms with Crippen molar-refractivity contribution in [3.05, 3.63) is 0 Å². The van der Waals surface area contributed by atoms with E-state index in [1.807, 2.05) is 0 Å². The number of hydrogen-bond donors (Lipinski definition) is 2. The van der Waals surface area contributed by atoms with Gasteiger partial charge in [-0.25, -0.2) is 0 Å². The van der Waals surface area contributed by atoms with Gasteiger partial charge in [-0.05, 0) is 25.3 Å². The summed E-state index contributed by atoms with van der Waals surface area (Å²) in [7, 11) is 0. The Bertz CT molecular complexity index is 108. The Labute approximate surface area is 67.3 Å². The van der Waals surface area contributed by atoms with E-state index in [0.29, 0.717) is 18.4 Å². The maximum atomic E-state index is 11.7. The SMILES string of the molecule is N[C@H]1CNC[C@H]1CCCCF. The zero-order valence-electron chi connectivity index (χ0n) is 6.85. The van der Waals surface area contributed by atoms with E-state index in [9.17, 15) is 4.39 Å². The van der Waals surface area contributed by atoms with E-state index in [4.69, 9.17) is 5.73 Å². The second-order valence-corrected chi connectivity index (χ2v) is 3.27. The van der Waals surface area contributed by atoms with Crippen molar-refractivity contribution in [2.24, 2.45) is 11.7 Å². The summed E-state index contributed by atoms with van der Waals surface area (Å²) in [5.74, 6) is 0.585. The minimum atomic E-state index is -0.185. The molecule has 2 nitrogen and oxygen atoms in total. The normalized spacial score (nSPS) is 31.1. The lowest BCUT2D eigenvalue weighted by Gasteiger charge is -2.12. The fourth-order valence-electron chi connectivity index (χ4n) is 1.57. The van der Waals surface area contributed by atoms with Crippen molar-refractivity contribution in [1.29, 1.82) is 0 Å². The molecule has 66 valence electrons. The molecular formula is C8H17FN2. The van der Waals surface area contributed by atoms with Crippen LogP contribution in [0.25, 0.3) is 0 Å². The molecule has 0 aromatic heterocycles. The van der Waals surface area contributed by atoms with Crippen molar-refractivity contribution < 1.29 is 4.39 Å². The average molecular weight is 160 g/mol. The first kappa shape index (κ1) is 8.94. The van der Waals surface area contributed by atoms with E-state index in [2.05, 4.69) is 5.32 Å². The Hall–Kier alpha value is -0.150. The Morgan fingerprint density at radius 2 is 2.18 bits per heavy atom. The van der Waals surface area contributed by atoms with Crippen molar-refractivity contribution in [2.75, 3.05) is 19.8 Å². The maximum Gasteiger partial charge on any atom is 0.0894 e. The monoisotopic (exact) mass is 160 g/mol. The van der Waals surface area contributed by atoms with E-state index in [0.717, 1.165) is 25.9 Å². The standard InChI is InChI=1S/C8H17FN2/c9-4-2-1-3-7-5-11-6-8(7)10/h7-8,11H,1-6,10H2/t7-,8+/m1/s1. The summed E-state index contributed by atoms with van der Waals surface area (Å²) >= 11 is 0. The highest BCUT2D eigenvalue weighted by atomic mass is 19.1. The van der Waals surface area contributed by atoms with Gasteiger partial charge in [-0.1, -0.05) is 6.42 Å². The second kappa shape index (κ2) is 4.67. The molecule has 0 unspecified atom stereocenters. The molecule has 0 radical (unpaired) electrons. The number of rotatable bonds is 4. The number of unbranched alkanes of at least 4 members (excludes halogenated alkanes) is 1. The topological polar surface area (TPSA) is 38.0 Å². The van der Waals surface area contributed by atoms with Crippen molar-refractivity contribution in [3.63, 3.8) is 0 Å². The third-order valence-electron chi connectivity index (χ3n) is 2.35. The van der Waals surface area contributed by atoms with Gasteiger partial charge >= 0.3 is 0 Å². The summed E-state index contributed by atoms with van der Waals surface area (Å²) in [5, 5.41) is 3.23. The molecule has 1 aliphatic rings. The van der Waals surface area contributed by atoms with Crippen molar-refractivity contribution in [1.82, 2.24) is 5.32 Å². The lowest BCUT2D eigenvalue weighted by Crippen LogP contribution is -2.28. The van der Waals surface area contributed by atoms with Crippen LogP contribution in [0.5, 0.6) is 0 Å². The van der Waals surface area contributed by atoms with Crippen molar-refractivity contribution >= 4 is 0 Å². The van der Waals surface area contributed by atoms with Gasteiger partial charge in [-0.15, -0.1) is 0 Å². The second-order valence-electron chi connectivity index (χ2n) is 3.27. The van der Waals surface area contributed by atoms with Crippen LogP contribution in [0.15, 0.2) is 0 Å². The fraction of sp³-hybridized carbons (Fsp3) is 1.00. The van der Waals surface area contributed by atoms with Gasteiger partial charge in [0.1, 0.15) is 0 Å². The number of alkyl halides is 1. The molecule has 0 aromatic carbocycles. The number of halogens is 1. The van der Waals surface area contributed by atoms with Crippen LogP contribution in [-0.2, 0) is 0 Å². The third kappa shape index (κ3) is 2.75. The quantitative estimate of drug-likeness (QED) is 0.593. The highest BCUT2D eigenvalue weighted by molar-refractivity contribution is 4.83. The van der Waals surface area contributed by atoms with Crippen LogP contribution in [0.1, 0.15) is 19.3 Å². The average Bonchev–Trinajstić information content (AvgIpc) is 2.37. The first-order chi connectivity index (χ1) is 5.34. The fourth-order valence-corrected chi connectivity index (χ4v) is 1.57. The number of nitrogens with one attached hydrogen (secondary N) is 1. The van der Waals surface area contributed by atoms with Gasteiger partial charge in [-0.2, -0.15) is 0 Å². The van der Waals surface area contributed by atoms with Gasteiger partial charge < -0.3 is 11.1 Å². The van der Waals surface area contributed by atoms with Gasteiger partial charge in [0.05, 0.1) is 6.67 Å². The molecule has 1 rings (SSSR count). The first-order valence-corrected chi connectivity index (χ1v) is 4.37. The van der Waals surface area contributed by atoms with Crippen LogP contribution in [0.3, 0.4) is 0 Å². The Morgan fingerprint density at radius 1 is 1.36 bits per heavy atom. The van der Waals surface area contributed by atoms with Crippen LogP contribution < -0.4 is 11.1 Å². The molecule has 2 atom stereocenters. The van der Waals surface area contributed by atoms with Gasteiger partial charge in [0.25, 0.3) is 0 Å². The van der Waals surface area contributed by atoms with Gasteiger partial charge in [-0.3, -0.25) is 4.39 Å². The predicted molar refractivity (Wildman–Crippen MR) is 44.2 cm³/mol. The van der Waals surface area contributed by atoms with Crippen molar-refractivity contribution in [2.45, 2.75) is 25.3 Å². The van der Waals surface area contributed by atoms with E-state index in [1.165, 1.54) is 0 Å². The molecule has 0 bridgehead atoms. The smallest absolute Gasteiger partial charge is 0.0894 e. The molecule has 0 amide bonds. The Kier molecular flexibility index (Phi) is 3.80. The summed E-state index contributed by atoms with van der Waals surface area (Å²) in [4.78, 5) is 0. The van der Waals surface area contributed by atoms with Crippen molar-refractivity contribution in [3.8, 4) is 0 Å². The number of hydrogen-bond acceptors (Lipinski definition) is 2. The highest BCUT2D eigenvalue weighted by Crippen LogP contribution is 2.14. The van der Waals surface area contributed by atoms with Gasteiger partial charge in [0, 0.05) is 12.6 Å². The van der Waals surface area contributed by atoms with E-state index in [-0.39, 0.29) is 6.67 Å². The molecule has 0 spiro atoms.